The van der Waals surface area contributed by atoms with Crippen LogP contribution in [0.1, 0.15) is 34.8 Å². The topological polar surface area (TPSA) is 32.9 Å². The van der Waals surface area contributed by atoms with E-state index in [4.69, 9.17) is 0 Å². The molecule has 0 spiro atoms. The van der Waals surface area contributed by atoms with E-state index in [1.165, 1.54) is 18.5 Å². The average molecular weight is 264 g/mol. The molecule has 0 aliphatic heterocycles. The Morgan fingerprint density at radius 2 is 2.20 bits per heavy atom. The molecule has 1 N–H and O–H groups in total. The van der Waals surface area contributed by atoms with E-state index in [0.717, 1.165) is 27.2 Å². The van der Waals surface area contributed by atoms with Gasteiger partial charge in [-0.15, -0.1) is 0 Å². The standard InChI is InChI=1S/C12H10BrNO/c13-11-9-5-7(6-15)1-4-10(9)14-12(11)8-2-3-8/h1,4-6,8,14H,2-3H2. The van der Waals surface area contributed by atoms with Crippen LogP contribution in [0.2, 0.25) is 0 Å². The monoisotopic (exact) mass is 263 g/mol. The van der Waals surface area contributed by atoms with Crippen LogP contribution in [0, 0.1) is 0 Å². The normalized spacial score (nSPS) is 15.8. The number of aldehydes is 1. The zero-order valence-corrected chi connectivity index (χ0v) is 9.67. The van der Waals surface area contributed by atoms with Gasteiger partial charge in [0.25, 0.3) is 0 Å². The van der Waals surface area contributed by atoms with E-state index in [1.54, 1.807) is 0 Å². The summed E-state index contributed by atoms with van der Waals surface area (Å²) < 4.78 is 1.13. The molecule has 15 heavy (non-hydrogen) atoms. The van der Waals surface area contributed by atoms with Gasteiger partial charge in [0.15, 0.2) is 0 Å². The van der Waals surface area contributed by atoms with E-state index in [2.05, 4.69) is 20.9 Å². The largest absolute Gasteiger partial charge is 0.357 e. The van der Waals surface area contributed by atoms with E-state index in [-0.39, 0.29) is 0 Å². The van der Waals surface area contributed by atoms with E-state index in [0.29, 0.717) is 5.92 Å². The van der Waals surface area contributed by atoms with Crippen LogP contribution in [0.3, 0.4) is 0 Å². The third kappa shape index (κ3) is 1.42. The summed E-state index contributed by atoms with van der Waals surface area (Å²) >= 11 is 3.61. The Morgan fingerprint density at radius 1 is 1.40 bits per heavy atom. The van der Waals surface area contributed by atoms with E-state index < -0.39 is 0 Å². The number of benzene rings is 1. The van der Waals surface area contributed by atoms with Crippen molar-refractivity contribution >= 4 is 33.1 Å². The second-order valence-corrected chi connectivity index (χ2v) is 4.84. The summed E-state index contributed by atoms with van der Waals surface area (Å²) in [6, 6.07) is 5.74. The van der Waals surface area contributed by atoms with Gasteiger partial charge >= 0.3 is 0 Å². The smallest absolute Gasteiger partial charge is 0.150 e. The molecule has 2 aromatic rings. The first-order chi connectivity index (χ1) is 7.29. The molecule has 1 fully saturated rings. The lowest BCUT2D eigenvalue weighted by Gasteiger charge is -1.92. The number of H-pyrrole nitrogens is 1. The lowest BCUT2D eigenvalue weighted by Crippen LogP contribution is -1.77. The molecular weight excluding hydrogens is 254 g/mol. The molecule has 0 radical (unpaired) electrons. The third-order valence-electron chi connectivity index (χ3n) is 2.91. The first-order valence-electron chi connectivity index (χ1n) is 5.06. The zero-order chi connectivity index (χ0) is 10.4. The Hall–Kier alpha value is -1.09. The van der Waals surface area contributed by atoms with Gasteiger partial charge in [-0.05, 0) is 47.0 Å². The highest BCUT2D eigenvalue weighted by Crippen LogP contribution is 2.45. The number of aromatic nitrogens is 1. The second-order valence-electron chi connectivity index (χ2n) is 4.05. The van der Waals surface area contributed by atoms with Crippen molar-refractivity contribution in [2.45, 2.75) is 18.8 Å². The Bertz CT molecular complexity index is 540. The van der Waals surface area contributed by atoms with E-state index in [1.807, 2.05) is 18.2 Å². The number of rotatable bonds is 2. The molecule has 1 aliphatic rings. The highest BCUT2D eigenvalue weighted by Gasteiger charge is 2.28. The van der Waals surface area contributed by atoms with Crippen LogP contribution in [0.5, 0.6) is 0 Å². The van der Waals surface area contributed by atoms with Crippen LogP contribution in [0.4, 0.5) is 0 Å². The summed E-state index contributed by atoms with van der Waals surface area (Å²) in [6.07, 6.45) is 3.42. The zero-order valence-electron chi connectivity index (χ0n) is 8.09. The molecular formula is C12H10BrNO. The highest BCUT2D eigenvalue weighted by molar-refractivity contribution is 9.10. The molecule has 0 unspecified atom stereocenters. The summed E-state index contributed by atoms with van der Waals surface area (Å²) in [5, 5.41) is 1.11. The predicted octanol–water partition coefficient (Wildman–Crippen LogP) is 3.62. The van der Waals surface area contributed by atoms with Gasteiger partial charge < -0.3 is 4.98 Å². The Balaban J connectivity index is 2.25. The molecule has 0 atom stereocenters. The SMILES string of the molecule is O=Cc1ccc2[nH]c(C3CC3)c(Br)c2c1. The Morgan fingerprint density at radius 3 is 2.87 bits per heavy atom. The van der Waals surface area contributed by atoms with Gasteiger partial charge in [-0.1, -0.05) is 0 Å². The fourth-order valence-corrected chi connectivity index (χ4v) is 2.68. The maximum Gasteiger partial charge on any atom is 0.150 e. The van der Waals surface area contributed by atoms with Crippen molar-refractivity contribution in [1.82, 2.24) is 4.98 Å². The Kier molecular flexibility index (Phi) is 1.96. The number of fused-ring (bicyclic) bond motifs is 1. The number of hydrogen-bond acceptors (Lipinski definition) is 1. The lowest BCUT2D eigenvalue weighted by atomic mass is 10.1. The number of halogens is 1. The molecule has 1 saturated carbocycles. The second kappa shape index (κ2) is 3.20. The molecule has 2 nitrogen and oxygen atoms in total. The third-order valence-corrected chi connectivity index (χ3v) is 3.76. The minimum Gasteiger partial charge on any atom is -0.357 e. The van der Waals surface area contributed by atoms with Gasteiger partial charge in [0, 0.05) is 32.6 Å². The van der Waals surface area contributed by atoms with Crippen molar-refractivity contribution in [3.8, 4) is 0 Å². The van der Waals surface area contributed by atoms with E-state index in [9.17, 15) is 4.79 Å². The van der Waals surface area contributed by atoms with Crippen molar-refractivity contribution in [3.05, 3.63) is 33.9 Å². The van der Waals surface area contributed by atoms with Crippen molar-refractivity contribution in [1.29, 1.82) is 0 Å². The fraction of sp³-hybridized carbons (Fsp3) is 0.250. The van der Waals surface area contributed by atoms with Crippen LogP contribution < -0.4 is 0 Å². The lowest BCUT2D eigenvalue weighted by molar-refractivity contribution is 0.112. The number of carbonyl (C=O) groups is 1. The van der Waals surface area contributed by atoms with E-state index >= 15 is 0 Å². The van der Waals surface area contributed by atoms with Gasteiger partial charge in [-0.2, -0.15) is 0 Å². The molecule has 3 heteroatoms. The first-order valence-corrected chi connectivity index (χ1v) is 5.85. The number of carbonyl (C=O) groups excluding carboxylic acids is 1. The number of aromatic amines is 1. The summed E-state index contributed by atoms with van der Waals surface area (Å²) in [5.41, 5.74) is 3.12. The van der Waals surface area contributed by atoms with Crippen molar-refractivity contribution < 1.29 is 4.79 Å². The van der Waals surface area contributed by atoms with Crippen LogP contribution in [0.15, 0.2) is 22.7 Å². The van der Waals surface area contributed by atoms with Crippen molar-refractivity contribution in [3.63, 3.8) is 0 Å². The van der Waals surface area contributed by atoms with Crippen molar-refractivity contribution in [2.24, 2.45) is 0 Å². The molecule has 0 amide bonds. The molecule has 76 valence electrons. The molecule has 0 saturated heterocycles. The summed E-state index contributed by atoms with van der Waals surface area (Å²) in [5.74, 6) is 0.687. The molecule has 3 rings (SSSR count). The summed E-state index contributed by atoms with van der Waals surface area (Å²) in [6.45, 7) is 0. The van der Waals surface area contributed by atoms with Crippen molar-refractivity contribution in [2.75, 3.05) is 0 Å². The first kappa shape index (κ1) is 9.16. The quantitative estimate of drug-likeness (QED) is 0.825. The van der Waals surface area contributed by atoms with Crippen LogP contribution in [0.25, 0.3) is 10.9 Å². The molecule has 1 heterocycles. The number of hydrogen-bond donors (Lipinski definition) is 1. The maximum absolute atomic E-state index is 10.7. The molecule has 0 bridgehead atoms. The summed E-state index contributed by atoms with van der Waals surface area (Å²) in [4.78, 5) is 14.1. The van der Waals surface area contributed by atoms with Gasteiger partial charge in [-0.25, -0.2) is 0 Å². The molecule has 1 aliphatic carbocycles. The Labute approximate surface area is 95.8 Å². The highest BCUT2D eigenvalue weighted by atomic mass is 79.9. The summed E-state index contributed by atoms with van der Waals surface area (Å²) in [7, 11) is 0. The molecule has 1 aromatic carbocycles. The predicted molar refractivity (Wildman–Crippen MR) is 63.4 cm³/mol. The van der Waals surface area contributed by atoms with Crippen LogP contribution in [-0.2, 0) is 0 Å². The maximum atomic E-state index is 10.7. The van der Waals surface area contributed by atoms with Gasteiger partial charge in [0.05, 0.1) is 0 Å². The van der Waals surface area contributed by atoms with Crippen LogP contribution >= 0.6 is 15.9 Å². The van der Waals surface area contributed by atoms with Gasteiger partial charge in [0.2, 0.25) is 0 Å². The fourth-order valence-electron chi connectivity index (χ4n) is 1.92. The van der Waals surface area contributed by atoms with Crippen LogP contribution in [-0.4, -0.2) is 11.3 Å². The minimum atomic E-state index is 0.687. The minimum absolute atomic E-state index is 0.687. The number of nitrogens with one attached hydrogen (secondary N) is 1. The average Bonchev–Trinajstić information content (AvgIpc) is 3.05. The van der Waals surface area contributed by atoms with Gasteiger partial charge in [0.1, 0.15) is 6.29 Å². The van der Waals surface area contributed by atoms with Gasteiger partial charge in [-0.3, -0.25) is 4.79 Å². The molecule has 1 aromatic heterocycles.